The normalized spacial score (nSPS) is 29.8. The minimum Gasteiger partial charge on any atom is -0.394 e. The van der Waals surface area contributed by atoms with Crippen molar-refractivity contribution in [3.63, 3.8) is 0 Å². The number of aliphatic hydroxyl groups is 2. The second-order valence-electron chi connectivity index (χ2n) is 4.40. The van der Waals surface area contributed by atoms with E-state index in [0.717, 1.165) is 4.57 Å². The minimum absolute atomic E-state index is 0.0451. The van der Waals surface area contributed by atoms with E-state index < -0.39 is 30.4 Å². The number of nitrogens with two attached hydrogens (primary N) is 2. The SMILES string of the molecule is CCO[C@H]1[C@@H](O)[C@H](c2ncc(N)n2C(N)=O)O[C@@H]1CO. The molecular formula is C11H18N4O5. The van der Waals surface area contributed by atoms with Gasteiger partial charge < -0.3 is 31.2 Å². The zero-order valence-electron chi connectivity index (χ0n) is 11.0. The molecule has 1 aromatic heterocycles. The highest BCUT2D eigenvalue weighted by Crippen LogP contribution is 2.35. The van der Waals surface area contributed by atoms with Gasteiger partial charge in [0.25, 0.3) is 0 Å². The van der Waals surface area contributed by atoms with Crippen LogP contribution in [0, 0.1) is 0 Å². The molecule has 9 nitrogen and oxygen atoms in total. The van der Waals surface area contributed by atoms with Crippen LogP contribution in [0.15, 0.2) is 6.20 Å². The molecule has 6 N–H and O–H groups in total. The molecule has 4 atom stereocenters. The van der Waals surface area contributed by atoms with Crippen LogP contribution >= 0.6 is 0 Å². The Labute approximate surface area is 115 Å². The lowest BCUT2D eigenvalue weighted by Crippen LogP contribution is -2.36. The van der Waals surface area contributed by atoms with Crippen LogP contribution in [0.1, 0.15) is 18.9 Å². The summed E-state index contributed by atoms with van der Waals surface area (Å²) in [6, 6.07) is -0.828. The van der Waals surface area contributed by atoms with Gasteiger partial charge in [-0.05, 0) is 6.92 Å². The molecule has 0 bridgehead atoms. The predicted molar refractivity (Wildman–Crippen MR) is 67.7 cm³/mol. The molecule has 1 aliphatic rings. The van der Waals surface area contributed by atoms with Gasteiger partial charge in [0.1, 0.15) is 30.2 Å². The van der Waals surface area contributed by atoms with Gasteiger partial charge in [-0.25, -0.2) is 14.3 Å². The van der Waals surface area contributed by atoms with E-state index in [1.165, 1.54) is 6.20 Å². The van der Waals surface area contributed by atoms with Crippen molar-refractivity contribution in [2.45, 2.75) is 31.3 Å². The third-order valence-corrected chi connectivity index (χ3v) is 3.16. The van der Waals surface area contributed by atoms with Crippen molar-refractivity contribution in [2.75, 3.05) is 18.9 Å². The Morgan fingerprint density at radius 3 is 2.90 bits per heavy atom. The first-order valence-corrected chi connectivity index (χ1v) is 6.20. The van der Waals surface area contributed by atoms with Crippen LogP contribution in [-0.2, 0) is 9.47 Å². The van der Waals surface area contributed by atoms with Gasteiger partial charge in [-0.2, -0.15) is 0 Å². The standard InChI is InChI=1S/C11H18N4O5/c1-2-19-8-5(4-16)20-9(7(8)17)10-14-3-6(12)15(10)11(13)18/h3,5,7-9,16-17H,2,4,12H2,1H3,(H2,13,18)/t5-,7-,8-,9-/m1/s1. The summed E-state index contributed by atoms with van der Waals surface area (Å²) in [5, 5.41) is 19.5. The number of carbonyl (C=O) groups is 1. The van der Waals surface area contributed by atoms with Crippen molar-refractivity contribution in [3.05, 3.63) is 12.0 Å². The summed E-state index contributed by atoms with van der Waals surface area (Å²) in [6.45, 7) is 1.78. The predicted octanol–water partition coefficient (Wildman–Crippen LogP) is -1.41. The van der Waals surface area contributed by atoms with E-state index in [4.69, 9.17) is 20.9 Å². The molecule has 1 fully saturated rings. The highest BCUT2D eigenvalue weighted by atomic mass is 16.6. The number of amides is 1. The largest absolute Gasteiger partial charge is 0.394 e. The van der Waals surface area contributed by atoms with Crippen molar-refractivity contribution >= 4 is 11.8 Å². The first-order chi connectivity index (χ1) is 9.51. The average molecular weight is 286 g/mol. The van der Waals surface area contributed by atoms with Crippen molar-refractivity contribution in [2.24, 2.45) is 5.73 Å². The summed E-state index contributed by atoms with van der Waals surface area (Å²) in [5.74, 6) is 0.131. The number of imidazole rings is 1. The van der Waals surface area contributed by atoms with Crippen LogP contribution in [0.3, 0.4) is 0 Å². The van der Waals surface area contributed by atoms with Gasteiger partial charge >= 0.3 is 6.03 Å². The van der Waals surface area contributed by atoms with E-state index in [-0.39, 0.29) is 18.2 Å². The first kappa shape index (κ1) is 14.7. The molecule has 9 heteroatoms. The monoisotopic (exact) mass is 286 g/mol. The van der Waals surface area contributed by atoms with Crippen molar-refractivity contribution in [3.8, 4) is 0 Å². The Hall–Kier alpha value is -1.68. The third kappa shape index (κ3) is 2.36. The zero-order valence-corrected chi connectivity index (χ0v) is 11.0. The number of ether oxygens (including phenoxy) is 2. The number of aromatic nitrogens is 2. The lowest BCUT2D eigenvalue weighted by molar-refractivity contribution is -0.0511. The van der Waals surface area contributed by atoms with Gasteiger partial charge in [-0.1, -0.05) is 0 Å². The third-order valence-electron chi connectivity index (χ3n) is 3.16. The van der Waals surface area contributed by atoms with Gasteiger partial charge in [-0.15, -0.1) is 0 Å². The van der Waals surface area contributed by atoms with E-state index in [9.17, 15) is 15.0 Å². The number of aliphatic hydroxyl groups excluding tert-OH is 2. The van der Waals surface area contributed by atoms with Crippen molar-refractivity contribution in [1.82, 2.24) is 9.55 Å². The zero-order chi connectivity index (χ0) is 14.9. The number of carbonyl (C=O) groups excluding carboxylic acids is 1. The maximum atomic E-state index is 11.4. The Balaban J connectivity index is 2.32. The molecule has 0 aliphatic carbocycles. The fourth-order valence-corrected chi connectivity index (χ4v) is 2.32. The summed E-state index contributed by atoms with van der Waals surface area (Å²) in [4.78, 5) is 15.3. The van der Waals surface area contributed by atoms with Crippen LogP contribution in [-0.4, -0.2) is 57.3 Å². The smallest absolute Gasteiger partial charge is 0.326 e. The summed E-state index contributed by atoms with van der Waals surface area (Å²) in [7, 11) is 0. The van der Waals surface area contributed by atoms with Gasteiger partial charge in [-0.3, -0.25) is 0 Å². The highest BCUT2D eigenvalue weighted by Gasteiger charge is 2.47. The van der Waals surface area contributed by atoms with E-state index in [1.54, 1.807) is 6.92 Å². The Morgan fingerprint density at radius 2 is 2.35 bits per heavy atom. The topological polar surface area (TPSA) is 146 Å². The van der Waals surface area contributed by atoms with Gasteiger partial charge in [0.15, 0.2) is 5.82 Å². The van der Waals surface area contributed by atoms with E-state index >= 15 is 0 Å². The summed E-state index contributed by atoms with van der Waals surface area (Å²) in [5.41, 5.74) is 10.8. The molecule has 1 aliphatic heterocycles. The fourth-order valence-electron chi connectivity index (χ4n) is 2.32. The Bertz CT molecular complexity index is 491. The number of primary amides is 1. The first-order valence-electron chi connectivity index (χ1n) is 6.20. The molecule has 0 spiro atoms. The Kier molecular flexibility index (Phi) is 4.23. The molecule has 2 heterocycles. The number of nitrogens with zero attached hydrogens (tertiary/aromatic N) is 2. The lowest BCUT2D eigenvalue weighted by atomic mass is 10.1. The Morgan fingerprint density at radius 1 is 1.65 bits per heavy atom. The van der Waals surface area contributed by atoms with Crippen molar-refractivity contribution in [1.29, 1.82) is 0 Å². The molecule has 0 aromatic carbocycles. The van der Waals surface area contributed by atoms with Crippen molar-refractivity contribution < 1.29 is 24.5 Å². The number of hydrogen-bond acceptors (Lipinski definition) is 7. The number of anilines is 1. The number of rotatable bonds is 4. The summed E-state index contributed by atoms with van der Waals surface area (Å²) < 4.78 is 11.8. The van der Waals surface area contributed by atoms with Gasteiger partial charge in [0.05, 0.1) is 12.8 Å². The maximum absolute atomic E-state index is 11.4. The molecule has 1 amide bonds. The van der Waals surface area contributed by atoms with Crippen LogP contribution in [0.4, 0.5) is 10.6 Å². The van der Waals surface area contributed by atoms with E-state index in [2.05, 4.69) is 4.98 Å². The molecule has 1 aromatic rings. The number of nitrogen functional groups attached to an aromatic ring is 1. The maximum Gasteiger partial charge on any atom is 0.326 e. The molecule has 2 rings (SSSR count). The molecular weight excluding hydrogens is 268 g/mol. The van der Waals surface area contributed by atoms with E-state index in [1.807, 2.05) is 0 Å². The molecule has 0 saturated carbocycles. The number of hydrogen-bond donors (Lipinski definition) is 4. The minimum atomic E-state index is -1.09. The summed E-state index contributed by atoms with van der Waals surface area (Å²) >= 11 is 0. The van der Waals surface area contributed by atoms with Gasteiger partial charge in [0, 0.05) is 6.61 Å². The molecule has 20 heavy (non-hydrogen) atoms. The fraction of sp³-hybridized carbons (Fsp3) is 0.636. The van der Waals surface area contributed by atoms with Gasteiger partial charge in [0.2, 0.25) is 0 Å². The second kappa shape index (κ2) is 5.75. The molecule has 0 radical (unpaired) electrons. The van der Waals surface area contributed by atoms with Crippen LogP contribution < -0.4 is 11.5 Å². The lowest BCUT2D eigenvalue weighted by Gasteiger charge is -2.18. The summed E-state index contributed by atoms with van der Waals surface area (Å²) in [6.07, 6.45) is -2.22. The van der Waals surface area contributed by atoms with Crippen LogP contribution in [0.2, 0.25) is 0 Å². The highest BCUT2D eigenvalue weighted by molar-refractivity contribution is 5.78. The quantitative estimate of drug-likeness (QED) is 0.531. The van der Waals surface area contributed by atoms with Crippen LogP contribution in [0.5, 0.6) is 0 Å². The molecule has 1 saturated heterocycles. The average Bonchev–Trinajstić information content (AvgIpc) is 2.92. The van der Waals surface area contributed by atoms with E-state index in [0.29, 0.717) is 6.61 Å². The van der Waals surface area contributed by atoms with Crippen LogP contribution in [0.25, 0.3) is 0 Å². The molecule has 0 unspecified atom stereocenters. The second-order valence-corrected chi connectivity index (χ2v) is 4.40. The molecule has 112 valence electrons.